The van der Waals surface area contributed by atoms with Crippen molar-refractivity contribution < 1.29 is 14.3 Å². The molecule has 6 nitrogen and oxygen atoms in total. The van der Waals surface area contributed by atoms with Crippen molar-refractivity contribution in [3.63, 3.8) is 0 Å². The number of ether oxygens (including phenoxy) is 1. The van der Waals surface area contributed by atoms with E-state index < -0.39 is 0 Å². The van der Waals surface area contributed by atoms with Gasteiger partial charge in [-0.25, -0.2) is 4.79 Å². The molecule has 7 heteroatoms. The Bertz CT molecular complexity index is 670. The Hall–Kier alpha value is -1.76. The third-order valence-electron chi connectivity index (χ3n) is 5.34. The van der Waals surface area contributed by atoms with Gasteiger partial charge in [-0.2, -0.15) is 0 Å². The van der Waals surface area contributed by atoms with Crippen LogP contribution in [0.15, 0.2) is 28.7 Å². The number of amides is 2. The molecule has 1 aromatic carbocycles. The number of rotatable bonds is 5. The van der Waals surface area contributed by atoms with Crippen molar-refractivity contribution in [2.75, 3.05) is 44.2 Å². The topological polar surface area (TPSA) is 61.9 Å². The normalized spacial score (nSPS) is 22.6. The van der Waals surface area contributed by atoms with Crippen LogP contribution in [0.4, 0.5) is 10.5 Å². The first-order valence-electron chi connectivity index (χ1n) is 9.76. The summed E-state index contributed by atoms with van der Waals surface area (Å²) in [6.07, 6.45) is 2.44. The summed E-state index contributed by atoms with van der Waals surface area (Å²) in [5, 5.41) is 3.12. The molecule has 2 saturated heterocycles. The molecule has 0 radical (unpaired) electrons. The van der Waals surface area contributed by atoms with Crippen molar-refractivity contribution in [1.82, 2.24) is 10.2 Å². The molecule has 0 spiro atoms. The van der Waals surface area contributed by atoms with Gasteiger partial charge in [0.15, 0.2) is 0 Å². The van der Waals surface area contributed by atoms with Crippen molar-refractivity contribution in [2.24, 2.45) is 11.8 Å². The predicted octanol–water partition coefficient (Wildman–Crippen LogP) is 3.26. The van der Waals surface area contributed by atoms with Gasteiger partial charge in [0.05, 0.1) is 12.5 Å². The molecule has 1 aromatic rings. The smallest absolute Gasteiger partial charge is 0.409 e. The monoisotopic (exact) mass is 437 g/mol. The maximum atomic E-state index is 12.6. The Morgan fingerprint density at radius 3 is 2.89 bits per heavy atom. The molecule has 2 atom stereocenters. The molecule has 2 unspecified atom stereocenters. The van der Waals surface area contributed by atoms with E-state index in [2.05, 4.69) is 38.3 Å². The number of carbonyl (C=O) groups is 2. The Labute approximate surface area is 169 Å². The van der Waals surface area contributed by atoms with Crippen LogP contribution in [0.25, 0.3) is 0 Å². The van der Waals surface area contributed by atoms with Gasteiger partial charge in [0.1, 0.15) is 0 Å². The quantitative estimate of drug-likeness (QED) is 0.767. The van der Waals surface area contributed by atoms with Gasteiger partial charge in [-0.1, -0.05) is 22.0 Å². The zero-order valence-electron chi connectivity index (χ0n) is 15.8. The summed E-state index contributed by atoms with van der Waals surface area (Å²) in [4.78, 5) is 28.5. The average Bonchev–Trinajstić information content (AvgIpc) is 3.15. The van der Waals surface area contributed by atoms with Crippen molar-refractivity contribution in [3.05, 3.63) is 28.7 Å². The maximum absolute atomic E-state index is 12.6. The number of nitrogens with zero attached hydrogens (tertiary/aromatic N) is 2. The third kappa shape index (κ3) is 5.37. The molecule has 2 aliphatic rings. The van der Waals surface area contributed by atoms with Crippen molar-refractivity contribution >= 4 is 33.6 Å². The number of nitrogens with one attached hydrogen (secondary N) is 1. The Kier molecular flexibility index (Phi) is 6.99. The lowest BCUT2D eigenvalue weighted by Gasteiger charge is -2.31. The van der Waals surface area contributed by atoms with Crippen molar-refractivity contribution in [3.8, 4) is 0 Å². The van der Waals surface area contributed by atoms with E-state index in [-0.39, 0.29) is 17.9 Å². The third-order valence-corrected chi connectivity index (χ3v) is 5.84. The van der Waals surface area contributed by atoms with E-state index in [0.29, 0.717) is 32.2 Å². The lowest BCUT2D eigenvalue weighted by atomic mass is 9.97. The molecule has 0 aromatic heterocycles. The largest absolute Gasteiger partial charge is 0.450 e. The summed E-state index contributed by atoms with van der Waals surface area (Å²) < 4.78 is 6.14. The van der Waals surface area contributed by atoms with E-state index in [1.54, 1.807) is 11.8 Å². The first-order valence-corrected chi connectivity index (χ1v) is 10.6. The van der Waals surface area contributed by atoms with Gasteiger partial charge >= 0.3 is 6.09 Å². The van der Waals surface area contributed by atoms with Crippen LogP contribution in [-0.2, 0) is 9.53 Å². The van der Waals surface area contributed by atoms with E-state index in [1.807, 2.05) is 12.1 Å². The standard InChI is InChI=1S/C20H28BrN3O3/c1-2-27-20(26)24-9-4-5-16(14-24)19(25)22-12-15-8-10-23(13-15)18-7-3-6-17(21)11-18/h3,6-7,11,15-16H,2,4-5,8-10,12-14H2,1H3,(H,22,25). The summed E-state index contributed by atoms with van der Waals surface area (Å²) in [6.45, 7) is 5.95. The number of hydrogen-bond acceptors (Lipinski definition) is 4. The highest BCUT2D eigenvalue weighted by Gasteiger charge is 2.30. The zero-order chi connectivity index (χ0) is 19.2. The summed E-state index contributed by atoms with van der Waals surface area (Å²) in [5.74, 6) is 0.383. The molecule has 2 aliphatic heterocycles. The second kappa shape index (κ2) is 9.44. The van der Waals surface area contributed by atoms with Gasteiger partial charge in [-0.3, -0.25) is 4.79 Å². The Morgan fingerprint density at radius 2 is 2.11 bits per heavy atom. The van der Waals surface area contributed by atoms with Crippen LogP contribution in [0.3, 0.4) is 0 Å². The Morgan fingerprint density at radius 1 is 1.26 bits per heavy atom. The Balaban J connectivity index is 1.45. The summed E-state index contributed by atoms with van der Waals surface area (Å²) in [5.41, 5.74) is 1.22. The van der Waals surface area contributed by atoms with Crippen molar-refractivity contribution in [2.45, 2.75) is 26.2 Å². The maximum Gasteiger partial charge on any atom is 0.409 e. The first-order chi connectivity index (χ1) is 13.1. The van der Waals surface area contributed by atoms with Crippen LogP contribution in [0.1, 0.15) is 26.2 Å². The molecule has 2 amide bonds. The number of halogens is 1. The van der Waals surface area contributed by atoms with E-state index in [9.17, 15) is 9.59 Å². The fourth-order valence-electron chi connectivity index (χ4n) is 3.87. The number of anilines is 1. The van der Waals surface area contributed by atoms with Gasteiger partial charge in [-0.05, 0) is 50.3 Å². The zero-order valence-corrected chi connectivity index (χ0v) is 17.4. The molecule has 1 N–H and O–H groups in total. The summed E-state index contributed by atoms with van der Waals surface area (Å²) in [6, 6.07) is 8.33. The molecule has 0 saturated carbocycles. The minimum absolute atomic E-state index is 0.0601. The van der Waals surface area contributed by atoms with E-state index in [0.717, 1.165) is 36.8 Å². The average molecular weight is 438 g/mol. The lowest BCUT2D eigenvalue weighted by Crippen LogP contribution is -2.46. The van der Waals surface area contributed by atoms with E-state index in [1.165, 1.54) is 5.69 Å². The van der Waals surface area contributed by atoms with Gasteiger partial charge in [0.2, 0.25) is 5.91 Å². The SMILES string of the molecule is CCOC(=O)N1CCCC(C(=O)NCC2CCN(c3cccc(Br)c3)C2)C1. The van der Waals surface area contributed by atoms with Crippen LogP contribution in [0.2, 0.25) is 0 Å². The highest BCUT2D eigenvalue weighted by atomic mass is 79.9. The lowest BCUT2D eigenvalue weighted by molar-refractivity contribution is -0.126. The fourth-order valence-corrected chi connectivity index (χ4v) is 4.25. The molecular formula is C20H28BrN3O3. The number of carbonyl (C=O) groups excluding carboxylic acids is 2. The van der Waals surface area contributed by atoms with E-state index >= 15 is 0 Å². The predicted molar refractivity (Wildman–Crippen MR) is 109 cm³/mol. The van der Waals surface area contributed by atoms with Crippen molar-refractivity contribution in [1.29, 1.82) is 0 Å². The fraction of sp³-hybridized carbons (Fsp3) is 0.600. The molecule has 148 valence electrons. The second-order valence-electron chi connectivity index (χ2n) is 7.31. The van der Waals surface area contributed by atoms with Gasteiger partial charge < -0.3 is 19.9 Å². The van der Waals surface area contributed by atoms with Gasteiger partial charge in [-0.15, -0.1) is 0 Å². The summed E-state index contributed by atoms with van der Waals surface area (Å²) >= 11 is 3.52. The highest BCUT2D eigenvalue weighted by molar-refractivity contribution is 9.10. The number of benzene rings is 1. The minimum atomic E-state index is -0.310. The molecular weight excluding hydrogens is 410 g/mol. The van der Waals surface area contributed by atoms with Crippen LogP contribution < -0.4 is 10.2 Å². The molecule has 2 fully saturated rings. The molecule has 0 aliphatic carbocycles. The minimum Gasteiger partial charge on any atom is -0.450 e. The number of hydrogen-bond donors (Lipinski definition) is 1. The van der Waals surface area contributed by atoms with Crippen LogP contribution >= 0.6 is 15.9 Å². The van der Waals surface area contributed by atoms with Crippen LogP contribution in [0.5, 0.6) is 0 Å². The van der Waals surface area contributed by atoms with Gasteiger partial charge in [0, 0.05) is 42.9 Å². The second-order valence-corrected chi connectivity index (χ2v) is 8.23. The first kappa shape index (κ1) is 20.0. The number of piperidine rings is 1. The molecule has 3 rings (SSSR count). The van der Waals surface area contributed by atoms with Crippen LogP contribution in [0, 0.1) is 11.8 Å². The van der Waals surface area contributed by atoms with Gasteiger partial charge in [0.25, 0.3) is 0 Å². The summed E-state index contributed by atoms with van der Waals surface area (Å²) in [7, 11) is 0. The molecule has 27 heavy (non-hydrogen) atoms. The highest BCUT2D eigenvalue weighted by Crippen LogP contribution is 2.26. The molecule has 0 bridgehead atoms. The van der Waals surface area contributed by atoms with E-state index in [4.69, 9.17) is 4.74 Å². The molecule has 2 heterocycles. The number of likely N-dealkylation sites (tertiary alicyclic amines) is 1. The van der Waals surface area contributed by atoms with Crippen LogP contribution in [-0.4, -0.2) is 56.2 Å².